The third kappa shape index (κ3) is 1.18. The summed E-state index contributed by atoms with van der Waals surface area (Å²) in [6.07, 6.45) is 1.22. The lowest BCUT2D eigenvalue weighted by Crippen LogP contribution is -1.79. The van der Waals surface area contributed by atoms with Gasteiger partial charge in [0.1, 0.15) is 0 Å². The summed E-state index contributed by atoms with van der Waals surface area (Å²) >= 11 is 0. The molecule has 0 fully saturated rings. The van der Waals surface area contributed by atoms with E-state index in [1.807, 2.05) is 0 Å². The van der Waals surface area contributed by atoms with Crippen molar-refractivity contribution in [1.82, 2.24) is 10.1 Å². The highest BCUT2D eigenvalue weighted by Crippen LogP contribution is 2.10. The molecule has 1 rings (SSSR count). The molecule has 52 valence electrons. The fourth-order valence-corrected chi connectivity index (χ4v) is 0.371. The van der Waals surface area contributed by atoms with E-state index in [0.717, 1.165) is 0 Å². The molecule has 0 spiro atoms. The van der Waals surface area contributed by atoms with Gasteiger partial charge < -0.3 is 4.74 Å². The molecule has 0 aliphatic heterocycles. The van der Waals surface area contributed by atoms with Crippen LogP contribution in [0.25, 0.3) is 0 Å². The van der Waals surface area contributed by atoms with Gasteiger partial charge in [0.2, 0.25) is 6.08 Å². The molecule has 1 aromatic heterocycles. The van der Waals surface area contributed by atoms with Crippen molar-refractivity contribution in [3.63, 3.8) is 0 Å². The smallest absolute Gasteiger partial charge is 0.418 e. The molecule has 0 aromatic carbocycles. The van der Waals surface area contributed by atoms with Crippen LogP contribution in [0.3, 0.4) is 0 Å². The Bertz CT molecular complexity index is 262. The molecule has 0 radical (unpaired) electrons. The van der Waals surface area contributed by atoms with Gasteiger partial charge in [-0.2, -0.15) is 0 Å². The van der Waals surface area contributed by atoms with Gasteiger partial charge in [0.05, 0.1) is 7.11 Å². The van der Waals surface area contributed by atoms with E-state index in [2.05, 4.69) is 24.4 Å². The van der Waals surface area contributed by atoms with Gasteiger partial charge in [0, 0.05) is 0 Å². The van der Waals surface area contributed by atoms with E-state index < -0.39 is 0 Å². The predicted molar refractivity (Wildman–Crippen MR) is 28.6 cm³/mol. The number of aliphatic imine (C=N–C) groups is 1. The summed E-state index contributed by atoms with van der Waals surface area (Å²) in [6, 6.07) is 0. The second-order valence-corrected chi connectivity index (χ2v) is 1.27. The topological polar surface area (TPSA) is 77.6 Å². The Morgan fingerprint density at radius 3 is 3.10 bits per heavy atom. The van der Waals surface area contributed by atoms with Crippen molar-refractivity contribution in [3.05, 3.63) is 0 Å². The maximum absolute atomic E-state index is 9.62. The first-order valence-corrected chi connectivity index (χ1v) is 2.32. The quantitative estimate of drug-likeness (QED) is 0.429. The Hall–Kier alpha value is -1.68. The van der Waals surface area contributed by atoms with E-state index in [9.17, 15) is 4.79 Å². The van der Waals surface area contributed by atoms with Crippen molar-refractivity contribution in [2.45, 2.75) is 0 Å². The summed E-state index contributed by atoms with van der Waals surface area (Å²) in [7, 11) is 1.36. The summed E-state index contributed by atoms with van der Waals surface area (Å²) in [5, 5.41) is 3.24. The number of carbonyl (C=O) groups excluding carboxylic acids is 1. The first-order chi connectivity index (χ1) is 4.86. The van der Waals surface area contributed by atoms with Gasteiger partial charge in [-0.05, 0) is 5.16 Å². The van der Waals surface area contributed by atoms with Crippen molar-refractivity contribution >= 4 is 12.0 Å². The highest BCUT2D eigenvalue weighted by Gasteiger charge is 2.01. The molecular formula is C4H3N3O3. The molecule has 1 heterocycles. The van der Waals surface area contributed by atoms with Gasteiger partial charge in [-0.25, -0.2) is 4.79 Å². The highest BCUT2D eigenvalue weighted by molar-refractivity contribution is 5.40. The maximum Gasteiger partial charge on any atom is 0.418 e. The lowest BCUT2D eigenvalue weighted by molar-refractivity contribution is 0.250. The first-order valence-electron chi connectivity index (χ1n) is 2.32. The van der Waals surface area contributed by atoms with E-state index in [1.54, 1.807) is 0 Å². The van der Waals surface area contributed by atoms with E-state index in [-0.39, 0.29) is 12.0 Å². The fraction of sp³-hybridized carbons (Fsp3) is 0.250. The molecule has 10 heavy (non-hydrogen) atoms. The molecule has 6 nitrogen and oxygen atoms in total. The molecule has 0 N–H and O–H groups in total. The van der Waals surface area contributed by atoms with Gasteiger partial charge in [-0.15, -0.1) is 9.98 Å². The van der Waals surface area contributed by atoms with Crippen molar-refractivity contribution in [2.75, 3.05) is 7.11 Å². The summed E-state index contributed by atoms with van der Waals surface area (Å²) in [5.41, 5.74) is 0. The van der Waals surface area contributed by atoms with Crippen LogP contribution in [0.5, 0.6) is 6.08 Å². The Labute approximate surface area is 55.5 Å². The van der Waals surface area contributed by atoms with Crippen molar-refractivity contribution in [1.29, 1.82) is 0 Å². The lowest BCUT2D eigenvalue weighted by atomic mass is 11.0. The number of isocyanates is 1. The SMILES string of the molecule is COc1nc(N=C=O)no1. The minimum absolute atomic E-state index is 0.0333. The number of hydrogen-bond donors (Lipinski definition) is 0. The minimum Gasteiger partial charge on any atom is -0.452 e. The zero-order valence-electron chi connectivity index (χ0n) is 5.07. The van der Waals surface area contributed by atoms with E-state index in [0.29, 0.717) is 0 Å². The number of aromatic nitrogens is 2. The molecule has 0 amide bonds. The van der Waals surface area contributed by atoms with Gasteiger partial charge in [0.15, 0.2) is 0 Å². The Morgan fingerprint density at radius 1 is 1.80 bits per heavy atom. The van der Waals surface area contributed by atoms with Crippen LogP contribution in [0.15, 0.2) is 9.52 Å². The Balaban J connectivity index is 2.87. The zero-order valence-corrected chi connectivity index (χ0v) is 5.07. The number of methoxy groups -OCH3 is 1. The third-order valence-corrected chi connectivity index (χ3v) is 0.717. The van der Waals surface area contributed by atoms with Gasteiger partial charge in [0.25, 0.3) is 0 Å². The average molecular weight is 141 g/mol. The molecule has 1 aromatic rings. The largest absolute Gasteiger partial charge is 0.452 e. The first kappa shape index (κ1) is 6.44. The summed E-state index contributed by atoms with van der Waals surface area (Å²) in [6.45, 7) is 0. The summed E-state index contributed by atoms with van der Waals surface area (Å²) < 4.78 is 8.92. The average Bonchev–Trinajstić information content (AvgIpc) is 2.37. The molecule has 0 aliphatic carbocycles. The second-order valence-electron chi connectivity index (χ2n) is 1.27. The van der Waals surface area contributed by atoms with Crippen LogP contribution in [0, 0.1) is 0 Å². The number of hydrogen-bond acceptors (Lipinski definition) is 6. The summed E-state index contributed by atoms with van der Waals surface area (Å²) in [5.74, 6) is -0.0909. The summed E-state index contributed by atoms with van der Waals surface area (Å²) in [4.78, 5) is 16.2. The second kappa shape index (κ2) is 2.75. The predicted octanol–water partition coefficient (Wildman–Crippen LogP) is 0.0455. The lowest BCUT2D eigenvalue weighted by Gasteiger charge is -1.81. The molecule has 0 bridgehead atoms. The van der Waals surface area contributed by atoms with E-state index in [4.69, 9.17) is 0 Å². The number of nitrogens with zero attached hydrogens (tertiary/aromatic N) is 3. The van der Waals surface area contributed by atoms with Crippen molar-refractivity contribution < 1.29 is 14.1 Å². The number of rotatable bonds is 2. The van der Waals surface area contributed by atoms with Crippen LogP contribution in [-0.4, -0.2) is 23.3 Å². The molecule has 0 saturated carbocycles. The molecule has 6 heteroatoms. The van der Waals surface area contributed by atoms with Crippen LogP contribution in [0.1, 0.15) is 0 Å². The number of ether oxygens (including phenoxy) is 1. The molecule has 0 unspecified atom stereocenters. The Kier molecular flexibility index (Phi) is 1.77. The monoisotopic (exact) mass is 141 g/mol. The van der Waals surface area contributed by atoms with E-state index >= 15 is 0 Å². The van der Waals surface area contributed by atoms with Crippen molar-refractivity contribution in [2.24, 2.45) is 4.99 Å². The van der Waals surface area contributed by atoms with Gasteiger partial charge in [-0.1, -0.05) is 0 Å². The molecule has 0 aliphatic rings. The maximum atomic E-state index is 9.62. The van der Waals surface area contributed by atoms with Crippen molar-refractivity contribution in [3.8, 4) is 6.08 Å². The molecule has 0 saturated heterocycles. The Morgan fingerprint density at radius 2 is 2.60 bits per heavy atom. The normalized spacial score (nSPS) is 8.50. The molecular weight excluding hydrogens is 138 g/mol. The highest BCUT2D eigenvalue weighted by atomic mass is 16.6. The van der Waals surface area contributed by atoms with Crippen LogP contribution in [0.4, 0.5) is 5.95 Å². The zero-order chi connectivity index (χ0) is 7.40. The molecule has 0 atom stereocenters. The minimum atomic E-state index is -0.0909. The van der Waals surface area contributed by atoms with Crippen LogP contribution in [-0.2, 0) is 4.79 Å². The standard InChI is InChI=1S/C4H3N3O3/c1-9-4-6-3(5-2-8)7-10-4/h1H3. The van der Waals surface area contributed by atoms with Crippen LogP contribution >= 0.6 is 0 Å². The van der Waals surface area contributed by atoms with Crippen LogP contribution < -0.4 is 4.74 Å². The van der Waals surface area contributed by atoms with Gasteiger partial charge >= 0.3 is 12.0 Å². The van der Waals surface area contributed by atoms with E-state index in [1.165, 1.54) is 13.2 Å². The fourth-order valence-electron chi connectivity index (χ4n) is 0.371. The van der Waals surface area contributed by atoms with Crippen LogP contribution in [0.2, 0.25) is 0 Å². The van der Waals surface area contributed by atoms with Gasteiger partial charge in [-0.3, -0.25) is 4.52 Å². The third-order valence-electron chi connectivity index (χ3n) is 0.717.